The Morgan fingerprint density at radius 1 is 0.975 bits per heavy atom. The van der Waals surface area contributed by atoms with Crippen molar-refractivity contribution in [1.82, 2.24) is 5.32 Å². The van der Waals surface area contributed by atoms with E-state index in [4.69, 9.17) is 18.9 Å². The Kier molecular flexibility index (Phi) is 8.77. The molecular formula is C32H35NO7. The number of hydrogen-bond acceptors (Lipinski definition) is 7. The topological polar surface area (TPSA) is 100 Å². The van der Waals surface area contributed by atoms with Crippen LogP contribution in [0, 0.1) is 18.8 Å². The number of carbonyl (C=O) groups excluding carboxylic acids is 3. The molecule has 4 rings (SSSR count). The zero-order valence-corrected chi connectivity index (χ0v) is 23.5. The van der Waals surface area contributed by atoms with Crippen molar-refractivity contribution in [3.8, 4) is 17.2 Å². The molecular weight excluding hydrogens is 510 g/mol. The molecule has 1 aliphatic carbocycles. The van der Waals surface area contributed by atoms with Gasteiger partial charge in [0.2, 0.25) is 0 Å². The monoisotopic (exact) mass is 545 g/mol. The molecule has 3 aromatic rings. The van der Waals surface area contributed by atoms with Gasteiger partial charge in [0.15, 0.2) is 5.78 Å². The van der Waals surface area contributed by atoms with E-state index in [0.717, 1.165) is 5.56 Å². The van der Waals surface area contributed by atoms with Gasteiger partial charge in [0.1, 0.15) is 35.0 Å². The number of amides is 1. The molecule has 0 heterocycles. The van der Waals surface area contributed by atoms with Crippen LogP contribution in [0.3, 0.4) is 0 Å². The van der Waals surface area contributed by atoms with E-state index in [1.165, 1.54) is 7.11 Å². The van der Waals surface area contributed by atoms with Gasteiger partial charge in [-0.2, -0.15) is 0 Å². The van der Waals surface area contributed by atoms with Gasteiger partial charge in [0.25, 0.3) is 0 Å². The molecule has 1 saturated carbocycles. The lowest BCUT2D eigenvalue weighted by atomic mass is 9.96. The molecule has 210 valence electrons. The number of carbonyl (C=O) groups is 3. The molecule has 1 aliphatic rings. The molecule has 1 amide bonds. The van der Waals surface area contributed by atoms with Crippen LogP contribution in [-0.4, -0.2) is 37.1 Å². The number of ether oxygens (including phenoxy) is 4. The minimum atomic E-state index is -0.616. The van der Waals surface area contributed by atoms with Crippen LogP contribution in [0.2, 0.25) is 0 Å². The first-order valence-electron chi connectivity index (χ1n) is 13.2. The number of benzene rings is 3. The highest BCUT2D eigenvalue weighted by Crippen LogP contribution is 2.44. The van der Waals surface area contributed by atoms with E-state index in [-0.39, 0.29) is 35.5 Å². The number of hydrogen-bond donors (Lipinski definition) is 1. The normalized spacial score (nSPS) is 16.0. The van der Waals surface area contributed by atoms with Gasteiger partial charge >= 0.3 is 12.1 Å². The zero-order valence-electron chi connectivity index (χ0n) is 23.5. The maximum absolute atomic E-state index is 13.6. The Bertz CT molecular complexity index is 1360. The summed E-state index contributed by atoms with van der Waals surface area (Å²) in [7, 11) is 1.46. The average Bonchev–Trinajstić information content (AvgIpc) is 3.70. The molecule has 1 N–H and O–H groups in total. The third-order valence-corrected chi connectivity index (χ3v) is 6.51. The number of esters is 1. The van der Waals surface area contributed by atoms with Crippen molar-refractivity contribution in [3.05, 3.63) is 89.0 Å². The second kappa shape index (κ2) is 12.2. The summed E-state index contributed by atoms with van der Waals surface area (Å²) in [5, 5.41) is 2.74. The third-order valence-electron chi connectivity index (χ3n) is 6.51. The molecule has 0 bridgehead atoms. The third kappa shape index (κ3) is 7.20. The first-order valence-corrected chi connectivity index (χ1v) is 13.2. The molecule has 40 heavy (non-hydrogen) atoms. The molecule has 0 radical (unpaired) electrons. The average molecular weight is 546 g/mol. The van der Waals surface area contributed by atoms with Gasteiger partial charge in [-0.25, -0.2) is 9.59 Å². The summed E-state index contributed by atoms with van der Waals surface area (Å²) >= 11 is 0. The first-order chi connectivity index (χ1) is 19.1. The molecule has 0 saturated heterocycles. The van der Waals surface area contributed by atoms with Crippen molar-refractivity contribution in [2.24, 2.45) is 11.8 Å². The van der Waals surface area contributed by atoms with Crippen LogP contribution in [0.15, 0.2) is 66.7 Å². The van der Waals surface area contributed by atoms with Crippen LogP contribution in [-0.2, 0) is 11.3 Å². The lowest BCUT2D eigenvalue weighted by molar-refractivity contribution is 0.0523. The minimum Gasteiger partial charge on any atom is -0.496 e. The summed E-state index contributed by atoms with van der Waals surface area (Å²) in [5.41, 5.74) is 1.26. The van der Waals surface area contributed by atoms with Gasteiger partial charge in [-0.1, -0.05) is 48.5 Å². The quantitative estimate of drug-likeness (QED) is 0.185. The number of nitrogens with one attached hydrogen (secondary N) is 1. The van der Waals surface area contributed by atoms with Crippen LogP contribution in [0.5, 0.6) is 17.2 Å². The summed E-state index contributed by atoms with van der Waals surface area (Å²) < 4.78 is 22.7. The molecule has 0 aromatic heterocycles. The van der Waals surface area contributed by atoms with Gasteiger partial charge in [0.05, 0.1) is 12.7 Å². The second-order valence-corrected chi connectivity index (χ2v) is 10.8. The number of rotatable bonds is 10. The number of alkyl carbamates (subject to hydrolysis) is 1. The van der Waals surface area contributed by atoms with Gasteiger partial charge in [-0.3, -0.25) is 4.79 Å². The van der Waals surface area contributed by atoms with Crippen molar-refractivity contribution < 1.29 is 33.3 Å². The highest BCUT2D eigenvalue weighted by Gasteiger charge is 2.44. The number of methoxy groups -OCH3 is 1. The van der Waals surface area contributed by atoms with Crippen LogP contribution < -0.4 is 19.5 Å². The molecule has 3 aromatic carbocycles. The van der Waals surface area contributed by atoms with E-state index in [9.17, 15) is 14.4 Å². The molecule has 2 unspecified atom stereocenters. The maximum Gasteiger partial charge on any atom is 0.407 e. The smallest absolute Gasteiger partial charge is 0.407 e. The fraction of sp³-hybridized carbons (Fsp3) is 0.344. The fourth-order valence-electron chi connectivity index (χ4n) is 4.49. The summed E-state index contributed by atoms with van der Waals surface area (Å²) in [5.74, 6) is -0.163. The van der Waals surface area contributed by atoms with E-state index < -0.39 is 17.7 Å². The summed E-state index contributed by atoms with van der Waals surface area (Å²) in [4.78, 5) is 39.0. The fourth-order valence-corrected chi connectivity index (χ4v) is 4.49. The van der Waals surface area contributed by atoms with Gasteiger partial charge in [0, 0.05) is 18.0 Å². The predicted molar refractivity (Wildman–Crippen MR) is 150 cm³/mol. The highest BCUT2D eigenvalue weighted by molar-refractivity contribution is 6.05. The second-order valence-electron chi connectivity index (χ2n) is 10.8. The number of Topliss-reactive ketones (excluding diaryl/α,β-unsaturated/α-hetero) is 1. The lowest BCUT2D eigenvalue weighted by Crippen LogP contribution is -2.33. The molecule has 8 nitrogen and oxygen atoms in total. The largest absolute Gasteiger partial charge is 0.496 e. The molecule has 1 fully saturated rings. The number of para-hydroxylation sites is 1. The van der Waals surface area contributed by atoms with Crippen LogP contribution in [0.4, 0.5) is 4.79 Å². The predicted octanol–water partition coefficient (Wildman–Crippen LogP) is 6.15. The summed E-state index contributed by atoms with van der Waals surface area (Å²) in [6, 6.07) is 19.8. The molecule has 0 spiro atoms. The Morgan fingerprint density at radius 2 is 1.62 bits per heavy atom. The van der Waals surface area contributed by atoms with E-state index in [0.29, 0.717) is 35.6 Å². The van der Waals surface area contributed by atoms with E-state index in [1.54, 1.807) is 58.0 Å². The van der Waals surface area contributed by atoms with Crippen molar-refractivity contribution in [2.45, 2.75) is 46.3 Å². The van der Waals surface area contributed by atoms with Crippen molar-refractivity contribution in [3.63, 3.8) is 0 Å². The Balaban J connectivity index is 1.59. The highest BCUT2D eigenvalue weighted by atomic mass is 16.6. The lowest BCUT2D eigenvalue weighted by Gasteiger charge is -2.20. The zero-order chi connectivity index (χ0) is 28.9. The Morgan fingerprint density at radius 3 is 2.25 bits per heavy atom. The SMILES string of the molecule is COc1c(C(=O)C2CC2CNC(=O)OC(C)(C)C)cc(OCc2ccccc2)c(C(=O)Oc2ccccc2)c1C. The van der Waals surface area contributed by atoms with Crippen molar-refractivity contribution >= 4 is 17.8 Å². The van der Waals surface area contributed by atoms with E-state index in [1.807, 2.05) is 36.4 Å². The van der Waals surface area contributed by atoms with E-state index >= 15 is 0 Å². The van der Waals surface area contributed by atoms with Crippen LogP contribution in [0.25, 0.3) is 0 Å². The molecule has 2 atom stereocenters. The van der Waals surface area contributed by atoms with Gasteiger partial charge in [-0.05, 0) is 63.8 Å². The minimum absolute atomic E-state index is 0.0264. The Hall–Kier alpha value is -4.33. The van der Waals surface area contributed by atoms with Crippen LogP contribution in [0.1, 0.15) is 59.0 Å². The standard InChI is InChI=1S/C32H35NO7/c1-20-27(30(35)39-23-14-10-7-11-15-23)26(38-19-21-12-8-6-9-13-21)17-25(29(20)37-5)28(34)24-16-22(24)18-33-31(36)40-32(2,3)4/h6-15,17,22,24H,16,18-19H2,1-5H3,(H,33,36). The molecule has 0 aliphatic heterocycles. The van der Waals surface area contributed by atoms with Crippen molar-refractivity contribution in [1.29, 1.82) is 0 Å². The Labute approximate surface area is 234 Å². The molecule has 8 heteroatoms. The maximum atomic E-state index is 13.6. The summed E-state index contributed by atoms with van der Waals surface area (Å²) in [6.45, 7) is 7.61. The van der Waals surface area contributed by atoms with Gasteiger partial charge in [-0.15, -0.1) is 0 Å². The number of ketones is 1. The van der Waals surface area contributed by atoms with E-state index in [2.05, 4.69) is 5.32 Å². The van der Waals surface area contributed by atoms with Crippen molar-refractivity contribution in [2.75, 3.05) is 13.7 Å². The first kappa shape index (κ1) is 28.7. The summed E-state index contributed by atoms with van der Waals surface area (Å²) in [6.07, 6.45) is 0.103. The van der Waals surface area contributed by atoms with Crippen LogP contribution >= 0.6 is 0 Å². The van der Waals surface area contributed by atoms with Gasteiger partial charge < -0.3 is 24.3 Å².